The molecule has 1 saturated heterocycles. The van der Waals surface area contributed by atoms with E-state index >= 15 is 0 Å². The Morgan fingerprint density at radius 3 is 1.90 bits per heavy atom. The predicted molar refractivity (Wildman–Crippen MR) is 184 cm³/mol. The number of ketones is 1. The van der Waals surface area contributed by atoms with Crippen molar-refractivity contribution in [2.24, 2.45) is 22.9 Å². The molecule has 3 N–H and O–H groups in total. The highest BCUT2D eigenvalue weighted by molar-refractivity contribution is 5.98. The van der Waals surface area contributed by atoms with Crippen molar-refractivity contribution < 1.29 is 23.9 Å². The highest BCUT2D eigenvalue weighted by Gasteiger charge is 2.50. The van der Waals surface area contributed by atoms with Gasteiger partial charge in [0.1, 0.15) is 23.7 Å². The third-order valence-corrected chi connectivity index (χ3v) is 9.46. The van der Waals surface area contributed by atoms with Gasteiger partial charge in [-0.05, 0) is 60.6 Å². The topological polar surface area (TPSA) is 166 Å². The summed E-state index contributed by atoms with van der Waals surface area (Å²) < 4.78 is 5.40. The van der Waals surface area contributed by atoms with Crippen LogP contribution in [0.4, 0.5) is 0 Å². The molecular weight excluding hydrogens is 608 g/mol. The van der Waals surface area contributed by atoms with Gasteiger partial charge in [-0.15, -0.1) is 0 Å². The van der Waals surface area contributed by atoms with Gasteiger partial charge < -0.3 is 20.7 Å². The van der Waals surface area contributed by atoms with Crippen molar-refractivity contribution >= 4 is 23.5 Å². The Bertz CT molecular complexity index is 1430. The van der Waals surface area contributed by atoms with Crippen molar-refractivity contribution in [3.05, 3.63) is 82.2 Å². The molecule has 0 unspecified atom stereocenters. The van der Waals surface area contributed by atoms with Crippen LogP contribution in [0, 0.1) is 17.8 Å². The minimum absolute atomic E-state index is 0.126. The molecule has 1 aliphatic heterocycles. The van der Waals surface area contributed by atoms with E-state index in [1.54, 1.807) is 6.92 Å². The summed E-state index contributed by atoms with van der Waals surface area (Å²) >= 11 is 0. The quantitative estimate of drug-likeness (QED) is 0.0916. The van der Waals surface area contributed by atoms with Crippen LogP contribution in [0.25, 0.3) is 10.4 Å². The maximum absolute atomic E-state index is 14.1. The first kappa shape index (κ1) is 36.6. The predicted octanol–water partition coefficient (Wildman–Crippen LogP) is 5.23. The van der Waals surface area contributed by atoms with Crippen molar-refractivity contribution in [3.8, 4) is 0 Å². The maximum atomic E-state index is 14.1. The minimum atomic E-state index is -1.06. The summed E-state index contributed by atoms with van der Waals surface area (Å²) in [6, 6.07) is 14.8. The average Bonchev–Trinajstić information content (AvgIpc) is 3.83. The lowest BCUT2D eigenvalue weighted by atomic mass is 9.80. The molecule has 1 heterocycles. The van der Waals surface area contributed by atoms with Crippen molar-refractivity contribution in [3.63, 3.8) is 0 Å². The summed E-state index contributed by atoms with van der Waals surface area (Å²) in [4.78, 5) is 57.9. The zero-order chi connectivity index (χ0) is 34.7. The molecule has 3 amide bonds. The second-order valence-corrected chi connectivity index (χ2v) is 14.2. The lowest BCUT2D eigenvalue weighted by Crippen LogP contribution is -2.58. The summed E-state index contributed by atoms with van der Waals surface area (Å²) in [5, 5.41) is 12.5. The van der Waals surface area contributed by atoms with Crippen LogP contribution in [0.1, 0.15) is 77.3 Å². The lowest BCUT2D eigenvalue weighted by Gasteiger charge is -2.31. The third-order valence-electron chi connectivity index (χ3n) is 9.46. The number of epoxide rings is 1. The van der Waals surface area contributed by atoms with E-state index in [0.29, 0.717) is 25.4 Å². The number of nitrogens with one attached hydrogen (secondary N) is 3. The molecule has 5 atom stereocenters. The number of nitrogens with zero attached hydrogens (tertiary/aromatic N) is 3. The second-order valence-electron chi connectivity index (χ2n) is 14.2. The first-order valence-corrected chi connectivity index (χ1v) is 17.2. The molecule has 1 aliphatic carbocycles. The molecule has 0 aromatic heterocycles. The SMILES string of the molecule is CC(C)C[C@H](NC(=O)[C@H](Cc1ccccc1)NC(=O)[C@H](CC1CCC(C)CC1)NC(=O)[C@H](Cc1ccccc1)N=[N+]=[N-])C(=O)[C@@]1(C)CO1. The van der Waals surface area contributed by atoms with E-state index < -0.39 is 47.5 Å². The first-order chi connectivity index (χ1) is 23.0. The first-order valence-electron chi connectivity index (χ1n) is 17.2. The summed E-state index contributed by atoms with van der Waals surface area (Å²) in [5.74, 6) is -0.782. The molecule has 0 spiro atoms. The zero-order valence-electron chi connectivity index (χ0n) is 28.6. The van der Waals surface area contributed by atoms with Crippen LogP contribution in [-0.4, -0.2) is 59.9 Å². The molecule has 2 aromatic rings. The fourth-order valence-electron chi connectivity index (χ4n) is 6.41. The maximum Gasteiger partial charge on any atom is 0.243 e. The van der Waals surface area contributed by atoms with Gasteiger partial charge in [0, 0.05) is 11.3 Å². The molecule has 11 nitrogen and oxygen atoms in total. The fraction of sp³-hybridized carbons (Fsp3) is 0.568. The Morgan fingerprint density at radius 1 is 0.833 bits per heavy atom. The molecule has 258 valence electrons. The highest BCUT2D eigenvalue weighted by Crippen LogP contribution is 2.32. The summed E-state index contributed by atoms with van der Waals surface area (Å²) in [5.41, 5.74) is 9.99. The van der Waals surface area contributed by atoms with E-state index in [4.69, 9.17) is 4.74 Å². The molecule has 2 aromatic carbocycles. The van der Waals surface area contributed by atoms with Gasteiger partial charge in [-0.25, -0.2) is 0 Å². The Kier molecular flexibility index (Phi) is 13.2. The van der Waals surface area contributed by atoms with Crippen LogP contribution in [0.2, 0.25) is 0 Å². The number of benzene rings is 2. The summed E-state index contributed by atoms with van der Waals surface area (Å²) in [6.45, 7) is 8.21. The second kappa shape index (κ2) is 17.3. The zero-order valence-corrected chi connectivity index (χ0v) is 28.6. The molecule has 2 aliphatic rings. The van der Waals surface area contributed by atoms with Gasteiger partial charge in [0.05, 0.1) is 12.6 Å². The van der Waals surface area contributed by atoms with Crippen LogP contribution in [-0.2, 0) is 36.8 Å². The van der Waals surface area contributed by atoms with Gasteiger partial charge in [-0.1, -0.05) is 112 Å². The molecule has 2 fully saturated rings. The number of hydrogen-bond acceptors (Lipinski definition) is 6. The Hall–Kier alpha value is -4.21. The van der Waals surface area contributed by atoms with Gasteiger partial charge in [0.2, 0.25) is 17.7 Å². The lowest BCUT2D eigenvalue weighted by molar-refractivity contribution is -0.134. The average molecular weight is 659 g/mol. The van der Waals surface area contributed by atoms with E-state index in [1.807, 2.05) is 74.5 Å². The number of carbonyl (C=O) groups excluding carboxylic acids is 4. The largest absolute Gasteiger partial charge is 0.361 e. The van der Waals surface area contributed by atoms with Crippen LogP contribution < -0.4 is 16.0 Å². The molecular formula is C37H50N6O5. The molecule has 0 bridgehead atoms. The molecule has 1 saturated carbocycles. The van der Waals surface area contributed by atoms with Gasteiger partial charge in [0.25, 0.3) is 0 Å². The number of Topliss-reactive ketones (excluding diaryl/α,β-unsaturated/α-hetero) is 1. The van der Waals surface area contributed by atoms with Crippen LogP contribution >= 0.6 is 0 Å². The molecule has 11 heteroatoms. The van der Waals surface area contributed by atoms with E-state index in [2.05, 4.69) is 32.9 Å². The third kappa shape index (κ3) is 10.9. The smallest absolute Gasteiger partial charge is 0.243 e. The normalized spacial score (nSPS) is 22.7. The van der Waals surface area contributed by atoms with Gasteiger partial charge >= 0.3 is 0 Å². The van der Waals surface area contributed by atoms with Crippen molar-refractivity contribution in [2.75, 3.05) is 6.61 Å². The number of carbonyl (C=O) groups is 4. The standard InChI is InChI=1S/C37H50N6O5/c1-24(2)19-29(33(44)37(4)23-48-37)39-34(45)30(20-26-11-7-5-8-12-26)40-35(46)31(21-28-17-15-25(3)16-18-28)41-36(47)32(42-43-38)22-27-13-9-6-10-14-27/h5-14,24-25,28-32H,15-23H2,1-4H3,(H,39,45)(H,40,46)(H,41,47)/t25?,28?,29-,30-,31-,32-,37+/m0/s1. The highest BCUT2D eigenvalue weighted by atomic mass is 16.6. The molecule has 4 rings (SSSR count). The fourth-order valence-corrected chi connectivity index (χ4v) is 6.41. The van der Waals surface area contributed by atoms with Crippen molar-refractivity contribution in [2.45, 2.75) is 109 Å². The number of hydrogen-bond donors (Lipinski definition) is 3. The van der Waals surface area contributed by atoms with Gasteiger partial charge in [0.15, 0.2) is 5.78 Å². The Labute approximate surface area is 283 Å². The summed E-state index contributed by atoms with van der Waals surface area (Å²) in [6.07, 6.45) is 5.12. The number of rotatable bonds is 17. The van der Waals surface area contributed by atoms with Crippen LogP contribution in [0.15, 0.2) is 65.8 Å². The van der Waals surface area contributed by atoms with Gasteiger partial charge in [-0.2, -0.15) is 0 Å². The Balaban J connectivity index is 1.56. The van der Waals surface area contributed by atoms with Crippen LogP contribution in [0.3, 0.4) is 0 Å². The summed E-state index contributed by atoms with van der Waals surface area (Å²) in [7, 11) is 0. The van der Waals surface area contributed by atoms with E-state index in [1.165, 1.54) is 0 Å². The molecule has 0 radical (unpaired) electrons. The molecule has 48 heavy (non-hydrogen) atoms. The number of ether oxygens (including phenoxy) is 1. The van der Waals surface area contributed by atoms with E-state index in [-0.39, 0.29) is 30.5 Å². The monoisotopic (exact) mass is 658 g/mol. The Morgan fingerprint density at radius 2 is 1.35 bits per heavy atom. The van der Waals surface area contributed by atoms with Crippen molar-refractivity contribution in [1.82, 2.24) is 16.0 Å². The number of azide groups is 1. The van der Waals surface area contributed by atoms with Crippen molar-refractivity contribution in [1.29, 1.82) is 0 Å². The van der Waals surface area contributed by atoms with Gasteiger partial charge in [-0.3, -0.25) is 19.2 Å². The van der Waals surface area contributed by atoms with E-state index in [0.717, 1.165) is 36.8 Å². The number of amides is 3. The van der Waals surface area contributed by atoms with Crippen LogP contribution in [0.5, 0.6) is 0 Å². The van der Waals surface area contributed by atoms with E-state index in [9.17, 15) is 24.7 Å². The minimum Gasteiger partial charge on any atom is -0.361 e.